The van der Waals surface area contributed by atoms with Gasteiger partial charge in [-0.1, -0.05) is 24.9 Å². The van der Waals surface area contributed by atoms with Crippen molar-refractivity contribution in [1.29, 1.82) is 0 Å². The number of carbonyl (C=O) groups is 1. The normalized spacial score (nSPS) is 17.2. The third-order valence-corrected chi connectivity index (χ3v) is 5.03. The molecule has 0 saturated heterocycles. The van der Waals surface area contributed by atoms with E-state index in [4.69, 9.17) is 16.3 Å². The van der Waals surface area contributed by atoms with Crippen LogP contribution < -0.4 is 4.74 Å². The number of rotatable bonds is 3. The smallest absolute Gasteiger partial charge is 0.184 e. The summed E-state index contributed by atoms with van der Waals surface area (Å²) in [5, 5.41) is 0. The molecule has 5 heteroatoms. The van der Waals surface area contributed by atoms with Crippen molar-refractivity contribution in [3.05, 3.63) is 22.2 Å². The molecular weight excluding hydrogens is 282 g/mol. The molecule has 0 unspecified atom stereocenters. The summed E-state index contributed by atoms with van der Waals surface area (Å²) in [7, 11) is 1.60. The van der Waals surface area contributed by atoms with E-state index in [9.17, 15) is 4.79 Å². The van der Waals surface area contributed by atoms with E-state index in [0.717, 1.165) is 24.0 Å². The summed E-state index contributed by atoms with van der Waals surface area (Å²) in [6.45, 7) is 2.03. The monoisotopic (exact) mass is 295 g/mol. The maximum atomic E-state index is 12.7. The number of methoxy groups -OCH3 is 1. The lowest BCUT2D eigenvalue weighted by atomic mass is 9.66. The largest absolute Gasteiger partial charge is 0.497 e. The number of thiazole rings is 1. The molecule has 0 amide bonds. The van der Waals surface area contributed by atoms with E-state index in [1.807, 2.05) is 13.0 Å². The lowest BCUT2D eigenvalue weighted by molar-refractivity contribution is 0.0666. The van der Waals surface area contributed by atoms with Crippen molar-refractivity contribution in [3.8, 4) is 5.75 Å². The molecule has 1 saturated carbocycles. The van der Waals surface area contributed by atoms with Crippen LogP contribution in [0.25, 0.3) is 10.2 Å². The number of aromatic nitrogens is 1. The summed E-state index contributed by atoms with van der Waals surface area (Å²) in [5.41, 5.74) is 1.10. The van der Waals surface area contributed by atoms with Gasteiger partial charge in [0.05, 0.1) is 17.3 Å². The molecule has 19 heavy (non-hydrogen) atoms. The highest BCUT2D eigenvalue weighted by Crippen LogP contribution is 2.45. The number of carbonyl (C=O) groups excluding carboxylic acids is 1. The van der Waals surface area contributed by atoms with E-state index in [0.29, 0.717) is 21.3 Å². The first-order chi connectivity index (χ1) is 9.03. The first-order valence-corrected chi connectivity index (χ1v) is 7.42. The average molecular weight is 296 g/mol. The van der Waals surface area contributed by atoms with Crippen molar-refractivity contribution >= 4 is 38.9 Å². The average Bonchev–Trinajstić information content (AvgIpc) is 2.73. The highest BCUT2D eigenvalue weighted by Gasteiger charge is 2.40. The van der Waals surface area contributed by atoms with Crippen molar-refractivity contribution in [3.63, 3.8) is 0 Å². The predicted octanol–water partition coefficient (Wildman–Crippen LogP) is 4.33. The van der Waals surface area contributed by atoms with Crippen LogP contribution in [0.15, 0.2) is 12.1 Å². The number of fused-ring (bicyclic) bond motifs is 1. The molecule has 0 radical (unpaired) electrons. The molecule has 100 valence electrons. The maximum absolute atomic E-state index is 12.7. The minimum atomic E-state index is -0.241. The molecule has 1 aliphatic carbocycles. The van der Waals surface area contributed by atoms with Crippen molar-refractivity contribution in [2.24, 2.45) is 5.41 Å². The van der Waals surface area contributed by atoms with Crippen LogP contribution in [0.2, 0.25) is 4.47 Å². The van der Waals surface area contributed by atoms with E-state index in [1.54, 1.807) is 13.2 Å². The zero-order chi connectivity index (χ0) is 13.6. The molecule has 0 spiro atoms. The Balaban J connectivity index is 2.18. The van der Waals surface area contributed by atoms with Crippen LogP contribution in [0.4, 0.5) is 0 Å². The van der Waals surface area contributed by atoms with Crippen molar-refractivity contribution in [2.75, 3.05) is 7.11 Å². The Morgan fingerprint density at radius 3 is 2.79 bits per heavy atom. The van der Waals surface area contributed by atoms with E-state index < -0.39 is 0 Å². The van der Waals surface area contributed by atoms with Crippen molar-refractivity contribution < 1.29 is 9.53 Å². The van der Waals surface area contributed by atoms with E-state index in [1.165, 1.54) is 11.3 Å². The van der Waals surface area contributed by atoms with Gasteiger partial charge >= 0.3 is 0 Å². The molecule has 0 atom stereocenters. The van der Waals surface area contributed by atoms with Crippen LogP contribution in [-0.2, 0) is 0 Å². The molecule has 0 N–H and O–H groups in total. The maximum Gasteiger partial charge on any atom is 0.184 e. The van der Waals surface area contributed by atoms with E-state index in [2.05, 4.69) is 4.98 Å². The van der Waals surface area contributed by atoms with Crippen molar-refractivity contribution in [1.82, 2.24) is 4.98 Å². The fourth-order valence-electron chi connectivity index (χ4n) is 2.53. The Bertz CT molecular complexity index is 661. The molecule has 0 bridgehead atoms. The summed E-state index contributed by atoms with van der Waals surface area (Å²) in [4.78, 5) is 17.0. The number of halogens is 1. The van der Waals surface area contributed by atoms with Crippen LogP contribution in [0.3, 0.4) is 0 Å². The van der Waals surface area contributed by atoms with Gasteiger partial charge in [-0.25, -0.2) is 4.98 Å². The van der Waals surface area contributed by atoms with Crippen LogP contribution in [-0.4, -0.2) is 17.9 Å². The number of benzene rings is 1. The van der Waals surface area contributed by atoms with Gasteiger partial charge < -0.3 is 4.74 Å². The molecule has 1 aromatic carbocycles. The number of ether oxygens (including phenoxy) is 1. The lowest BCUT2D eigenvalue weighted by Gasteiger charge is -2.36. The van der Waals surface area contributed by atoms with Gasteiger partial charge in [-0.2, -0.15) is 0 Å². The van der Waals surface area contributed by atoms with Gasteiger partial charge in [-0.3, -0.25) is 4.79 Å². The van der Waals surface area contributed by atoms with E-state index >= 15 is 0 Å². The predicted molar refractivity (Wildman–Crippen MR) is 77.5 cm³/mol. The zero-order valence-electron chi connectivity index (χ0n) is 10.8. The van der Waals surface area contributed by atoms with Gasteiger partial charge in [0.25, 0.3) is 0 Å². The van der Waals surface area contributed by atoms with Crippen LogP contribution in [0.5, 0.6) is 5.75 Å². The van der Waals surface area contributed by atoms with Gasteiger partial charge in [0.15, 0.2) is 10.3 Å². The van der Waals surface area contributed by atoms with E-state index in [-0.39, 0.29) is 11.2 Å². The second-order valence-corrected chi connectivity index (χ2v) is 6.84. The van der Waals surface area contributed by atoms with Crippen LogP contribution >= 0.6 is 22.9 Å². The molecule has 3 rings (SSSR count). The highest BCUT2D eigenvalue weighted by atomic mass is 35.5. The summed E-state index contributed by atoms with van der Waals surface area (Å²) < 4.78 is 6.62. The lowest BCUT2D eigenvalue weighted by Crippen LogP contribution is -2.35. The first kappa shape index (κ1) is 12.9. The molecule has 0 aliphatic heterocycles. The standard InChI is InChI=1S/C14H14ClNO2S/c1-14(4-3-5-14)12(17)9-6-8(18-2)7-10-11(9)16-13(15)19-10/h6-7H,3-5H2,1-2H3. The molecule has 1 aromatic heterocycles. The van der Waals surface area contributed by atoms with Gasteiger partial charge in [0.2, 0.25) is 0 Å². The Kier molecular flexibility index (Phi) is 3.02. The Morgan fingerprint density at radius 2 is 2.21 bits per heavy atom. The van der Waals surface area contributed by atoms with Gasteiger partial charge in [0, 0.05) is 11.0 Å². The summed E-state index contributed by atoms with van der Waals surface area (Å²) in [6.07, 6.45) is 3.01. The fraction of sp³-hybridized carbons (Fsp3) is 0.429. The molecule has 1 heterocycles. The topological polar surface area (TPSA) is 39.2 Å². The van der Waals surface area contributed by atoms with Crippen LogP contribution in [0, 0.1) is 5.41 Å². The molecule has 1 aliphatic rings. The van der Waals surface area contributed by atoms with Gasteiger partial charge in [-0.05, 0) is 25.0 Å². The number of ketones is 1. The minimum Gasteiger partial charge on any atom is -0.497 e. The van der Waals surface area contributed by atoms with Gasteiger partial charge in [0.1, 0.15) is 5.75 Å². The number of nitrogens with zero attached hydrogens (tertiary/aromatic N) is 1. The van der Waals surface area contributed by atoms with Crippen LogP contribution in [0.1, 0.15) is 36.5 Å². The number of hydrogen-bond donors (Lipinski definition) is 0. The number of Topliss-reactive ketones (excluding diaryl/α,β-unsaturated/α-hetero) is 1. The highest BCUT2D eigenvalue weighted by molar-refractivity contribution is 7.22. The Morgan fingerprint density at radius 1 is 1.47 bits per heavy atom. The summed E-state index contributed by atoms with van der Waals surface area (Å²) in [6, 6.07) is 3.66. The number of hydrogen-bond acceptors (Lipinski definition) is 4. The zero-order valence-corrected chi connectivity index (χ0v) is 12.4. The first-order valence-electron chi connectivity index (χ1n) is 6.22. The Labute approximate surface area is 120 Å². The Hall–Kier alpha value is -1.13. The molecule has 3 nitrogen and oxygen atoms in total. The van der Waals surface area contributed by atoms with Gasteiger partial charge in [-0.15, -0.1) is 11.3 Å². The third-order valence-electron chi connectivity index (χ3n) is 3.93. The molecular formula is C14H14ClNO2S. The second-order valence-electron chi connectivity index (χ2n) is 5.23. The molecule has 1 fully saturated rings. The SMILES string of the molecule is COc1cc(C(=O)C2(C)CCC2)c2nc(Cl)sc2c1. The molecule has 2 aromatic rings. The summed E-state index contributed by atoms with van der Waals surface area (Å²) in [5.74, 6) is 0.837. The third kappa shape index (κ3) is 2.03. The fourth-order valence-corrected chi connectivity index (χ4v) is 3.61. The van der Waals surface area contributed by atoms with Crippen molar-refractivity contribution in [2.45, 2.75) is 26.2 Å². The minimum absolute atomic E-state index is 0.157. The quantitative estimate of drug-likeness (QED) is 0.791. The summed E-state index contributed by atoms with van der Waals surface area (Å²) >= 11 is 7.34. The second kappa shape index (κ2) is 4.46.